The third kappa shape index (κ3) is 4.78. The van der Waals surface area contributed by atoms with Gasteiger partial charge < -0.3 is 14.2 Å². The predicted molar refractivity (Wildman–Crippen MR) is 104 cm³/mol. The van der Waals surface area contributed by atoms with Crippen molar-refractivity contribution in [2.24, 2.45) is 28.1 Å². The van der Waals surface area contributed by atoms with Gasteiger partial charge in [-0.15, -0.1) is 0 Å². The minimum absolute atomic E-state index is 0.0949. The minimum Gasteiger partial charge on any atom is -0.377 e. The zero-order valence-corrected chi connectivity index (χ0v) is 18.1. The molecular formula is C22H42O3. The fraction of sp³-hybridized carbons (Fsp3) is 1.00. The van der Waals surface area contributed by atoms with Gasteiger partial charge in [-0.3, -0.25) is 0 Å². The molecule has 0 aliphatic carbocycles. The van der Waals surface area contributed by atoms with Gasteiger partial charge >= 0.3 is 0 Å². The topological polar surface area (TPSA) is 27.7 Å². The Hall–Kier alpha value is -0.120. The molecule has 2 fully saturated rings. The third-order valence-corrected chi connectivity index (χ3v) is 6.57. The van der Waals surface area contributed by atoms with E-state index in [1.807, 2.05) is 0 Å². The van der Waals surface area contributed by atoms with E-state index >= 15 is 0 Å². The second kappa shape index (κ2) is 7.48. The van der Waals surface area contributed by atoms with Crippen molar-refractivity contribution in [3.05, 3.63) is 0 Å². The van der Waals surface area contributed by atoms with Crippen molar-refractivity contribution < 1.29 is 14.2 Å². The molecule has 2 heterocycles. The van der Waals surface area contributed by atoms with Crippen LogP contribution in [0.5, 0.6) is 0 Å². The molecule has 4 unspecified atom stereocenters. The molecule has 25 heavy (non-hydrogen) atoms. The molecule has 0 radical (unpaired) electrons. The molecule has 0 aromatic carbocycles. The maximum absolute atomic E-state index is 6.20. The van der Waals surface area contributed by atoms with Gasteiger partial charge in [0.25, 0.3) is 0 Å². The Bertz CT molecular complexity index is 433. The van der Waals surface area contributed by atoms with E-state index in [-0.39, 0.29) is 28.5 Å². The Kier molecular flexibility index (Phi) is 6.34. The smallest absolute Gasteiger partial charge is 0.147 e. The van der Waals surface area contributed by atoms with Crippen LogP contribution < -0.4 is 0 Å². The Morgan fingerprint density at radius 2 is 1.28 bits per heavy atom. The summed E-state index contributed by atoms with van der Waals surface area (Å²) in [6.45, 7) is 22.2. The minimum atomic E-state index is 0.0949. The highest BCUT2D eigenvalue weighted by Crippen LogP contribution is 2.46. The first kappa shape index (κ1) is 21.2. The van der Waals surface area contributed by atoms with Gasteiger partial charge in [-0.1, -0.05) is 62.3 Å². The molecule has 0 spiro atoms. The van der Waals surface area contributed by atoms with Crippen LogP contribution in [0, 0.1) is 28.1 Å². The van der Waals surface area contributed by atoms with Crippen LogP contribution in [0.1, 0.15) is 81.6 Å². The molecule has 2 aliphatic heterocycles. The first-order valence-corrected chi connectivity index (χ1v) is 10.2. The van der Waals surface area contributed by atoms with Gasteiger partial charge in [-0.25, -0.2) is 0 Å². The van der Waals surface area contributed by atoms with Crippen LogP contribution in [0.3, 0.4) is 0 Å². The Morgan fingerprint density at radius 3 is 1.80 bits per heavy atom. The predicted octanol–water partition coefficient (Wildman–Crippen LogP) is 5.67. The van der Waals surface area contributed by atoms with E-state index in [1.165, 1.54) is 6.42 Å². The first-order valence-electron chi connectivity index (χ1n) is 10.2. The summed E-state index contributed by atoms with van der Waals surface area (Å²) < 4.78 is 18.2. The standard InChI is InChI=1S/C22H42O3/c1-15(2)16-10-13-23-17(16)21(6,7)11-12-22(8,9)19-18(20(3,4)5)24-14-25-19/h15-19H,10-14H2,1-9H3. The SMILES string of the molecule is CC(C)C1CCOC1C(C)(C)CCC(C)(C)C1OCOC1C(C)(C)C. The van der Waals surface area contributed by atoms with Gasteiger partial charge in [-0.2, -0.15) is 0 Å². The fourth-order valence-corrected chi connectivity index (χ4v) is 4.72. The quantitative estimate of drug-likeness (QED) is 0.615. The number of hydrogen-bond donors (Lipinski definition) is 0. The van der Waals surface area contributed by atoms with Crippen molar-refractivity contribution in [3.8, 4) is 0 Å². The molecule has 2 aliphatic rings. The summed E-state index contributed by atoms with van der Waals surface area (Å²) in [5.74, 6) is 1.38. The lowest BCUT2D eigenvalue weighted by Gasteiger charge is -2.42. The van der Waals surface area contributed by atoms with Crippen molar-refractivity contribution >= 4 is 0 Å². The van der Waals surface area contributed by atoms with Crippen LogP contribution in [-0.2, 0) is 14.2 Å². The molecule has 2 rings (SSSR count). The zero-order chi connectivity index (χ0) is 19.0. The lowest BCUT2D eigenvalue weighted by atomic mass is 9.67. The Balaban J connectivity index is 2.03. The summed E-state index contributed by atoms with van der Waals surface area (Å²) in [6.07, 6.45) is 4.20. The van der Waals surface area contributed by atoms with Crippen LogP contribution in [0.2, 0.25) is 0 Å². The largest absolute Gasteiger partial charge is 0.377 e. The van der Waals surface area contributed by atoms with Crippen molar-refractivity contribution in [1.29, 1.82) is 0 Å². The maximum atomic E-state index is 6.20. The molecule has 0 aromatic heterocycles. The van der Waals surface area contributed by atoms with E-state index in [0.717, 1.165) is 19.4 Å². The Labute approximate surface area is 156 Å². The summed E-state index contributed by atoms with van der Waals surface area (Å²) >= 11 is 0. The van der Waals surface area contributed by atoms with Gasteiger partial charge in [0.2, 0.25) is 0 Å². The van der Waals surface area contributed by atoms with Gasteiger partial charge in [0.05, 0.1) is 18.3 Å². The fourth-order valence-electron chi connectivity index (χ4n) is 4.72. The normalized spacial score (nSPS) is 31.9. The highest BCUT2D eigenvalue weighted by atomic mass is 16.7. The van der Waals surface area contributed by atoms with E-state index in [4.69, 9.17) is 14.2 Å². The van der Waals surface area contributed by atoms with Crippen molar-refractivity contribution in [1.82, 2.24) is 0 Å². The zero-order valence-electron chi connectivity index (χ0n) is 18.1. The number of ether oxygens (including phenoxy) is 3. The molecule has 0 N–H and O–H groups in total. The average molecular weight is 355 g/mol. The highest BCUT2D eigenvalue weighted by molar-refractivity contribution is 4.96. The van der Waals surface area contributed by atoms with E-state index in [1.54, 1.807) is 0 Å². The summed E-state index contributed by atoms with van der Waals surface area (Å²) in [7, 11) is 0. The first-order chi connectivity index (χ1) is 11.4. The highest BCUT2D eigenvalue weighted by Gasteiger charge is 2.48. The van der Waals surface area contributed by atoms with Crippen LogP contribution >= 0.6 is 0 Å². The van der Waals surface area contributed by atoms with Gasteiger partial charge in [0.1, 0.15) is 6.79 Å². The van der Waals surface area contributed by atoms with E-state index in [2.05, 4.69) is 62.3 Å². The molecule has 3 heteroatoms. The second-order valence-corrected chi connectivity index (χ2v) is 11.1. The summed E-state index contributed by atoms with van der Waals surface area (Å²) in [5.41, 5.74) is 0.391. The van der Waals surface area contributed by atoms with Gasteiger partial charge in [0, 0.05) is 6.61 Å². The molecule has 0 amide bonds. The molecule has 0 aromatic rings. The van der Waals surface area contributed by atoms with Crippen LogP contribution in [0.4, 0.5) is 0 Å². The molecule has 0 bridgehead atoms. The number of hydrogen-bond acceptors (Lipinski definition) is 3. The molecule has 4 atom stereocenters. The summed E-state index contributed by atoms with van der Waals surface area (Å²) in [4.78, 5) is 0. The van der Waals surface area contributed by atoms with E-state index in [0.29, 0.717) is 24.7 Å². The molecule has 2 saturated heterocycles. The maximum Gasteiger partial charge on any atom is 0.147 e. The second-order valence-electron chi connectivity index (χ2n) is 11.1. The van der Waals surface area contributed by atoms with Gasteiger partial charge in [0.15, 0.2) is 0 Å². The molecule has 0 saturated carbocycles. The van der Waals surface area contributed by atoms with Crippen molar-refractivity contribution in [2.45, 2.75) is 99.9 Å². The lowest BCUT2D eigenvalue weighted by molar-refractivity contribution is -0.0429. The van der Waals surface area contributed by atoms with E-state index < -0.39 is 0 Å². The monoisotopic (exact) mass is 354 g/mol. The molecular weight excluding hydrogens is 312 g/mol. The van der Waals surface area contributed by atoms with Gasteiger partial charge in [-0.05, 0) is 47.3 Å². The average Bonchev–Trinajstić information content (AvgIpc) is 3.13. The van der Waals surface area contributed by atoms with Crippen LogP contribution in [-0.4, -0.2) is 31.7 Å². The lowest BCUT2D eigenvalue weighted by Crippen LogP contribution is -2.45. The van der Waals surface area contributed by atoms with Crippen LogP contribution in [0.15, 0.2) is 0 Å². The molecule has 3 nitrogen and oxygen atoms in total. The van der Waals surface area contributed by atoms with Crippen LogP contribution in [0.25, 0.3) is 0 Å². The van der Waals surface area contributed by atoms with Crippen molar-refractivity contribution in [2.75, 3.05) is 13.4 Å². The Morgan fingerprint density at radius 1 is 0.760 bits per heavy atom. The molecule has 148 valence electrons. The summed E-state index contributed by atoms with van der Waals surface area (Å²) in [6, 6.07) is 0. The summed E-state index contributed by atoms with van der Waals surface area (Å²) in [5, 5.41) is 0. The third-order valence-electron chi connectivity index (χ3n) is 6.57. The number of rotatable bonds is 6. The van der Waals surface area contributed by atoms with E-state index in [9.17, 15) is 0 Å². The van der Waals surface area contributed by atoms with Crippen molar-refractivity contribution in [3.63, 3.8) is 0 Å².